The monoisotopic (exact) mass is 431 g/mol. The molecule has 0 N–H and O–H groups in total. The topological polar surface area (TPSA) is 30.7 Å². The van der Waals surface area contributed by atoms with E-state index in [9.17, 15) is 0 Å². The lowest BCUT2D eigenvalue weighted by Gasteiger charge is -2.09. The highest BCUT2D eigenvalue weighted by molar-refractivity contribution is 7.98. The number of thioether (sulfide) groups is 1. The zero-order valence-corrected chi connectivity index (χ0v) is 17.0. The fraction of sp³-hybridized carbons (Fsp3) is 0.176. The molecule has 0 aliphatic rings. The predicted octanol–water partition coefficient (Wildman–Crippen LogP) is 6.87. The van der Waals surface area contributed by atoms with Crippen molar-refractivity contribution in [2.75, 3.05) is 0 Å². The molecule has 0 radical (unpaired) electrons. The number of hydrogen-bond donors (Lipinski definition) is 0. The molecule has 2 aromatic carbocycles. The van der Waals surface area contributed by atoms with Gasteiger partial charge in [0.05, 0.1) is 15.1 Å². The summed E-state index contributed by atoms with van der Waals surface area (Å²) in [6, 6.07) is 11.0. The van der Waals surface area contributed by atoms with Crippen molar-refractivity contribution in [2.45, 2.75) is 24.4 Å². The van der Waals surface area contributed by atoms with E-state index in [1.807, 2.05) is 29.7 Å². The molecule has 0 amide bonds. The minimum absolute atomic E-state index is 0.547. The molecule has 0 saturated heterocycles. The van der Waals surface area contributed by atoms with Gasteiger partial charge in [0.15, 0.2) is 11.0 Å². The molecular formula is C17H13Cl4N3S. The summed E-state index contributed by atoms with van der Waals surface area (Å²) in [4.78, 5) is 0. The molecule has 3 rings (SSSR count). The number of rotatable bonds is 5. The largest absolute Gasteiger partial charge is 0.302 e. The Labute approximate surface area is 170 Å². The zero-order valence-electron chi connectivity index (χ0n) is 13.1. The van der Waals surface area contributed by atoms with E-state index in [1.54, 1.807) is 30.0 Å². The van der Waals surface area contributed by atoms with E-state index >= 15 is 0 Å². The molecule has 0 saturated carbocycles. The van der Waals surface area contributed by atoms with Gasteiger partial charge in [-0.05, 0) is 42.8 Å². The second-order valence-corrected chi connectivity index (χ2v) is 7.81. The molecule has 3 aromatic rings. The van der Waals surface area contributed by atoms with Crippen LogP contribution in [0.2, 0.25) is 20.1 Å². The van der Waals surface area contributed by atoms with Crippen LogP contribution in [0.4, 0.5) is 0 Å². The van der Waals surface area contributed by atoms with Crippen LogP contribution in [-0.4, -0.2) is 14.8 Å². The highest BCUT2D eigenvalue weighted by atomic mass is 35.5. The molecule has 0 aliphatic carbocycles. The first-order valence-electron chi connectivity index (χ1n) is 7.45. The van der Waals surface area contributed by atoms with Crippen molar-refractivity contribution in [3.05, 3.63) is 62.1 Å². The van der Waals surface area contributed by atoms with Gasteiger partial charge in [0.1, 0.15) is 0 Å². The minimum atomic E-state index is 0.547. The van der Waals surface area contributed by atoms with E-state index in [0.29, 0.717) is 25.8 Å². The average Bonchev–Trinajstić information content (AvgIpc) is 2.98. The summed E-state index contributed by atoms with van der Waals surface area (Å²) in [5.41, 5.74) is 1.87. The Morgan fingerprint density at radius 3 is 2.40 bits per heavy atom. The standard InChI is InChI=1S/C17H13Cl4N3S/c1-2-24-16(12-5-4-11(18)8-14(12)20)22-23-17(24)25-9-10-3-6-13(19)15(21)7-10/h3-8H,2,9H2,1H3. The van der Waals surface area contributed by atoms with Crippen molar-refractivity contribution in [1.29, 1.82) is 0 Å². The summed E-state index contributed by atoms with van der Waals surface area (Å²) >= 11 is 25.9. The van der Waals surface area contributed by atoms with Crippen LogP contribution in [0.1, 0.15) is 12.5 Å². The van der Waals surface area contributed by atoms with Crippen LogP contribution in [-0.2, 0) is 12.3 Å². The highest BCUT2D eigenvalue weighted by Gasteiger charge is 2.16. The third kappa shape index (κ3) is 4.26. The van der Waals surface area contributed by atoms with Gasteiger partial charge in [-0.3, -0.25) is 0 Å². The molecule has 3 nitrogen and oxygen atoms in total. The molecule has 25 heavy (non-hydrogen) atoms. The van der Waals surface area contributed by atoms with Crippen LogP contribution >= 0.6 is 58.2 Å². The van der Waals surface area contributed by atoms with Gasteiger partial charge in [-0.1, -0.05) is 64.2 Å². The van der Waals surface area contributed by atoms with Gasteiger partial charge in [0, 0.05) is 22.9 Å². The third-order valence-electron chi connectivity index (χ3n) is 3.56. The van der Waals surface area contributed by atoms with E-state index < -0.39 is 0 Å². The molecule has 0 spiro atoms. The van der Waals surface area contributed by atoms with E-state index in [2.05, 4.69) is 10.2 Å². The van der Waals surface area contributed by atoms with Crippen molar-refractivity contribution in [3.63, 3.8) is 0 Å². The predicted molar refractivity (Wildman–Crippen MR) is 107 cm³/mol. The van der Waals surface area contributed by atoms with Crippen LogP contribution in [0.25, 0.3) is 11.4 Å². The van der Waals surface area contributed by atoms with Crippen molar-refractivity contribution in [1.82, 2.24) is 14.8 Å². The highest BCUT2D eigenvalue weighted by Crippen LogP contribution is 2.32. The van der Waals surface area contributed by atoms with Crippen LogP contribution in [0.15, 0.2) is 41.6 Å². The first kappa shape index (κ1) is 18.9. The third-order valence-corrected chi connectivity index (χ3v) is 5.88. The maximum absolute atomic E-state index is 6.31. The lowest BCUT2D eigenvalue weighted by atomic mass is 10.2. The van der Waals surface area contributed by atoms with Gasteiger partial charge in [-0.15, -0.1) is 10.2 Å². The maximum Gasteiger partial charge on any atom is 0.191 e. The lowest BCUT2D eigenvalue weighted by molar-refractivity contribution is 0.687. The quantitative estimate of drug-likeness (QED) is 0.412. The zero-order chi connectivity index (χ0) is 18.0. The number of aromatic nitrogens is 3. The molecule has 130 valence electrons. The molecule has 0 bridgehead atoms. The fourth-order valence-corrected chi connectivity index (χ4v) is 4.09. The summed E-state index contributed by atoms with van der Waals surface area (Å²) < 4.78 is 2.03. The van der Waals surface area contributed by atoms with Gasteiger partial charge in [-0.25, -0.2) is 0 Å². The summed E-state index contributed by atoms with van der Waals surface area (Å²) in [5, 5.41) is 11.7. The van der Waals surface area contributed by atoms with Crippen LogP contribution in [0.5, 0.6) is 0 Å². The average molecular weight is 433 g/mol. The van der Waals surface area contributed by atoms with Gasteiger partial charge in [0.25, 0.3) is 0 Å². The summed E-state index contributed by atoms with van der Waals surface area (Å²) in [5.74, 6) is 1.43. The molecule has 1 aromatic heterocycles. The second kappa shape index (κ2) is 8.19. The molecule has 0 unspecified atom stereocenters. The van der Waals surface area contributed by atoms with Crippen LogP contribution in [0.3, 0.4) is 0 Å². The normalized spacial score (nSPS) is 11.1. The van der Waals surface area contributed by atoms with Crippen molar-refractivity contribution in [2.24, 2.45) is 0 Å². The summed E-state index contributed by atoms with van der Waals surface area (Å²) in [6.07, 6.45) is 0. The van der Waals surface area contributed by atoms with Crippen LogP contribution < -0.4 is 0 Å². The van der Waals surface area contributed by atoms with E-state index in [4.69, 9.17) is 46.4 Å². The van der Waals surface area contributed by atoms with E-state index in [-0.39, 0.29) is 0 Å². The maximum atomic E-state index is 6.31. The molecule has 8 heteroatoms. The Hall–Kier alpha value is -0.910. The smallest absolute Gasteiger partial charge is 0.191 e. The lowest BCUT2D eigenvalue weighted by Crippen LogP contribution is -2.00. The van der Waals surface area contributed by atoms with Gasteiger partial charge in [-0.2, -0.15) is 0 Å². The number of halogens is 4. The Morgan fingerprint density at radius 1 is 0.920 bits per heavy atom. The van der Waals surface area contributed by atoms with E-state index in [0.717, 1.165) is 28.7 Å². The first-order valence-corrected chi connectivity index (χ1v) is 9.94. The van der Waals surface area contributed by atoms with Crippen molar-refractivity contribution in [3.8, 4) is 11.4 Å². The van der Waals surface area contributed by atoms with Crippen LogP contribution in [0, 0.1) is 0 Å². The number of benzene rings is 2. The molecule has 0 aliphatic heterocycles. The molecule has 0 fully saturated rings. The molecule has 0 atom stereocenters. The van der Waals surface area contributed by atoms with E-state index in [1.165, 1.54) is 0 Å². The number of hydrogen-bond acceptors (Lipinski definition) is 3. The Kier molecular flexibility index (Phi) is 6.18. The second-order valence-electron chi connectivity index (χ2n) is 5.21. The summed E-state index contributed by atoms with van der Waals surface area (Å²) in [7, 11) is 0. The number of nitrogens with zero attached hydrogens (tertiary/aromatic N) is 3. The summed E-state index contributed by atoms with van der Waals surface area (Å²) in [6.45, 7) is 2.77. The molecule has 1 heterocycles. The van der Waals surface area contributed by atoms with Crippen molar-refractivity contribution < 1.29 is 0 Å². The van der Waals surface area contributed by atoms with Gasteiger partial charge in [0.2, 0.25) is 0 Å². The first-order chi connectivity index (χ1) is 12.0. The fourth-order valence-electron chi connectivity index (χ4n) is 2.33. The Morgan fingerprint density at radius 2 is 1.72 bits per heavy atom. The molecular weight excluding hydrogens is 420 g/mol. The SMILES string of the molecule is CCn1c(SCc2ccc(Cl)c(Cl)c2)nnc1-c1ccc(Cl)cc1Cl. The Bertz CT molecular complexity index is 911. The Balaban J connectivity index is 1.85. The minimum Gasteiger partial charge on any atom is -0.302 e. The van der Waals surface area contributed by atoms with Gasteiger partial charge >= 0.3 is 0 Å². The van der Waals surface area contributed by atoms with Crippen molar-refractivity contribution >= 4 is 58.2 Å². The van der Waals surface area contributed by atoms with Gasteiger partial charge < -0.3 is 4.57 Å².